The van der Waals surface area contributed by atoms with E-state index in [9.17, 15) is 8.78 Å². The summed E-state index contributed by atoms with van der Waals surface area (Å²) in [6.45, 7) is 0. The number of hydrogen-bond donors (Lipinski definition) is 2. The number of nitrogens with one attached hydrogen (secondary N) is 2. The average molecular weight is 367 g/mol. The van der Waals surface area contributed by atoms with Gasteiger partial charge >= 0.3 is 0 Å². The zero-order valence-electron chi connectivity index (χ0n) is 12.0. The van der Waals surface area contributed by atoms with Crippen LogP contribution in [0.5, 0.6) is 0 Å². The molecule has 1 aromatic heterocycles. The number of anilines is 4. The van der Waals surface area contributed by atoms with Crippen LogP contribution in [0.15, 0.2) is 48.7 Å². The van der Waals surface area contributed by atoms with Gasteiger partial charge in [0.2, 0.25) is 5.95 Å². The third-order valence-corrected chi connectivity index (χ3v) is 3.79. The van der Waals surface area contributed by atoms with Gasteiger partial charge in [-0.25, -0.2) is 13.8 Å². The van der Waals surface area contributed by atoms with Crippen LogP contribution in [0.4, 0.5) is 31.9 Å². The van der Waals surface area contributed by atoms with Gasteiger partial charge in [-0.15, -0.1) is 0 Å². The predicted octanol–water partition coefficient (Wildman–Crippen LogP) is 5.55. The number of hydrogen-bond acceptors (Lipinski definition) is 4. The molecule has 3 rings (SSSR count). The molecule has 0 radical (unpaired) electrons. The van der Waals surface area contributed by atoms with Gasteiger partial charge in [-0.3, -0.25) is 0 Å². The Balaban J connectivity index is 1.82. The van der Waals surface area contributed by atoms with Gasteiger partial charge in [0.15, 0.2) is 0 Å². The third-order valence-electron chi connectivity index (χ3n) is 3.05. The Morgan fingerprint density at radius 3 is 2.33 bits per heavy atom. The fourth-order valence-electron chi connectivity index (χ4n) is 1.94. The number of para-hydroxylation sites is 1. The second-order valence-corrected chi connectivity index (χ2v) is 5.56. The maximum Gasteiger partial charge on any atom is 0.229 e. The fourth-order valence-corrected chi connectivity index (χ4v) is 2.24. The summed E-state index contributed by atoms with van der Waals surface area (Å²) in [6, 6.07) is 10.2. The Bertz CT molecular complexity index is 869. The van der Waals surface area contributed by atoms with Crippen molar-refractivity contribution in [2.45, 2.75) is 0 Å². The molecule has 0 unspecified atom stereocenters. The van der Waals surface area contributed by atoms with Crippen molar-refractivity contribution in [3.63, 3.8) is 0 Å². The molecule has 2 aromatic carbocycles. The zero-order chi connectivity index (χ0) is 17.1. The molecule has 0 spiro atoms. The van der Waals surface area contributed by atoms with E-state index in [-0.39, 0.29) is 11.6 Å². The minimum absolute atomic E-state index is 0.0454. The lowest BCUT2D eigenvalue weighted by atomic mass is 10.3. The lowest BCUT2D eigenvalue weighted by Crippen LogP contribution is -2.03. The van der Waals surface area contributed by atoms with E-state index in [0.29, 0.717) is 21.6 Å². The lowest BCUT2D eigenvalue weighted by Gasteiger charge is -2.10. The van der Waals surface area contributed by atoms with Crippen LogP contribution < -0.4 is 10.6 Å². The highest BCUT2D eigenvalue weighted by Gasteiger charge is 2.10. The number of halogens is 4. The summed E-state index contributed by atoms with van der Waals surface area (Å²) < 4.78 is 27.3. The molecule has 0 saturated heterocycles. The van der Waals surface area contributed by atoms with Crippen molar-refractivity contribution in [2.24, 2.45) is 0 Å². The molecule has 0 saturated carbocycles. The molecule has 122 valence electrons. The maximum absolute atomic E-state index is 13.7. The zero-order valence-corrected chi connectivity index (χ0v) is 13.5. The summed E-state index contributed by atoms with van der Waals surface area (Å²) in [4.78, 5) is 8.10. The SMILES string of the molecule is Fc1cccc(F)c1Nc1nccc(Nc2ccc(Cl)c(Cl)c2)n1. The topological polar surface area (TPSA) is 49.8 Å². The molecule has 4 nitrogen and oxygen atoms in total. The van der Waals surface area contributed by atoms with Gasteiger partial charge < -0.3 is 10.6 Å². The number of aromatic nitrogens is 2. The summed E-state index contributed by atoms with van der Waals surface area (Å²) in [5.41, 5.74) is 0.343. The van der Waals surface area contributed by atoms with E-state index in [0.717, 1.165) is 12.1 Å². The predicted molar refractivity (Wildman–Crippen MR) is 91.4 cm³/mol. The maximum atomic E-state index is 13.7. The second-order valence-electron chi connectivity index (χ2n) is 4.74. The Hall–Kier alpha value is -2.44. The minimum Gasteiger partial charge on any atom is -0.340 e. The van der Waals surface area contributed by atoms with Crippen LogP contribution in [-0.2, 0) is 0 Å². The molecular formula is C16H10Cl2F2N4. The normalized spacial score (nSPS) is 10.5. The van der Waals surface area contributed by atoms with Gasteiger partial charge in [0, 0.05) is 11.9 Å². The Labute approximate surface area is 146 Å². The van der Waals surface area contributed by atoms with Crippen LogP contribution in [0.3, 0.4) is 0 Å². The van der Waals surface area contributed by atoms with Gasteiger partial charge in [0.05, 0.1) is 10.0 Å². The first kappa shape index (κ1) is 16.4. The van der Waals surface area contributed by atoms with E-state index in [1.165, 1.54) is 12.3 Å². The Kier molecular flexibility index (Phi) is 4.78. The molecule has 2 N–H and O–H groups in total. The van der Waals surface area contributed by atoms with Crippen molar-refractivity contribution in [2.75, 3.05) is 10.6 Å². The van der Waals surface area contributed by atoms with Crippen LogP contribution in [-0.4, -0.2) is 9.97 Å². The van der Waals surface area contributed by atoms with E-state index >= 15 is 0 Å². The molecule has 1 heterocycles. The highest BCUT2D eigenvalue weighted by Crippen LogP contribution is 2.27. The van der Waals surface area contributed by atoms with Gasteiger partial charge in [-0.2, -0.15) is 4.98 Å². The molecule has 24 heavy (non-hydrogen) atoms. The van der Waals surface area contributed by atoms with Gasteiger partial charge in [-0.05, 0) is 36.4 Å². The smallest absolute Gasteiger partial charge is 0.229 e. The first-order valence-electron chi connectivity index (χ1n) is 6.79. The highest BCUT2D eigenvalue weighted by atomic mass is 35.5. The van der Waals surface area contributed by atoms with Crippen molar-refractivity contribution in [3.05, 3.63) is 70.3 Å². The molecule has 0 fully saturated rings. The Morgan fingerprint density at radius 2 is 1.62 bits per heavy atom. The highest BCUT2D eigenvalue weighted by molar-refractivity contribution is 6.42. The van der Waals surface area contributed by atoms with Crippen molar-refractivity contribution in [3.8, 4) is 0 Å². The van der Waals surface area contributed by atoms with E-state index in [2.05, 4.69) is 20.6 Å². The van der Waals surface area contributed by atoms with E-state index in [4.69, 9.17) is 23.2 Å². The summed E-state index contributed by atoms with van der Waals surface area (Å²) in [7, 11) is 0. The van der Waals surface area contributed by atoms with Gasteiger partial charge in [0.25, 0.3) is 0 Å². The number of benzene rings is 2. The van der Waals surface area contributed by atoms with E-state index in [1.54, 1.807) is 24.3 Å². The van der Waals surface area contributed by atoms with Gasteiger partial charge in [-0.1, -0.05) is 29.3 Å². The van der Waals surface area contributed by atoms with Crippen molar-refractivity contribution in [1.82, 2.24) is 9.97 Å². The lowest BCUT2D eigenvalue weighted by molar-refractivity contribution is 0.590. The Morgan fingerprint density at radius 1 is 0.875 bits per heavy atom. The average Bonchev–Trinajstić information content (AvgIpc) is 2.55. The van der Waals surface area contributed by atoms with Crippen molar-refractivity contribution >= 4 is 46.3 Å². The molecule has 3 aromatic rings. The van der Waals surface area contributed by atoms with Crippen LogP contribution in [0.25, 0.3) is 0 Å². The summed E-state index contributed by atoms with van der Waals surface area (Å²) in [6.07, 6.45) is 1.45. The second kappa shape index (κ2) is 6.98. The standard InChI is InChI=1S/C16H10Cl2F2N4/c17-10-5-4-9(8-11(10)18)22-14-6-7-21-16(23-14)24-15-12(19)2-1-3-13(15)20/h1-8H,(H2,21,22,23,24). The van der Waals surface area contributed by atoms with Crippen LogP contribution in [0.1, 0.15) is 0 Å². The molecule has 8 heteroatoms. The van der Waals surface area contributed by atoms with Crippen molar-refractivity contribution < 1.29 is 8.78 Å². The molecule has 0 aliphatic heterocycles. The van der Waals surface area contributed by atoms with Gasteiger partial charge in [0.1, 0.15) is 23.1 Å². The van der Waals surface area contributed by atoms with Crippen LogP contribution in [0, 0.1) is 11.6 Å². The molecule has 0 aliphatic rings. The summed E-state index contributed by atoms with van der Waals surface area (Å²) in [5, 5.41) is 6.36. The molecule has 0 bridgehead atoms. The molecular weight excluding hydrogens is 357 g/mol. The molecule has 0 aliphatic carbocycles. The minimum atomic E-state index is -0.735. The first-order valence-corrected chi connectivity index (χ1v) is 7.54. The fraction of sp³-hybridized carbons (Fsp3) is 0. The first-order chi connectivity index (χ1) is 11.5. The summed E-state index contributed by atoms with van der Waals surface area (Å²) >= 11 is 11.8. The number of rotatable bonds is 4. The number of nitrogens with zero attached hydrogens (tertiary/aromatic N) is 2. The van der Waals surface area contributed by atoms with Crippen LogP contribution >= 0.6 is 23.2 Å². The summed E-state index contributed by atoms with van der Waals surface area (Å²) in [5.74, 6) is -1.01. The van der Waals surface area contributed by atoms with Crippen LogP contribution in [0.2, 0.25) is 10.0 Å². The molecule has 0 atom stereocenters. The largest absolute Gasteiger partial charge is 0.340 e. The van der Waals surface area contributed by atoms with Crippen molar-refractivity contribution in [1.29, 1.82) is 0 Å². The quantitative estimate of drug-likeness (QED) is 0.635. The van der Waals surface area contributed by atoms with E-state index in [1.807, 2.05) is 0 Å². The van der Waals surface area contributed by atoms with E-state index < -0.39 is 11.6 Å². The monoisotopic (exact) mass is 366 g/mol. The molecule has 0 amide bonds. The third kappa shape index (κ3) is 3.72.